The lowest BCUT2D eigenvalue weighted by atomic mass is 10.2. The zero-order valence-electron chi connectivity index (χ0n) is 11.2. The predicted octanol–water partition coefficient (Wildman–Crippen LogP) is 2.06. The third-order valence-corrected chi connectivity index (χ3v) is 2.92. The maximum atomic E-state index is 5.84. The Morgan fingerprint density at radius 3 is 3.11 bits per heavy atom. The first-order valence-corrected chi connectivity index (χ1v) is 6.70. The van der Waals surface area contributed by atoms with Gasteiger partial charge in [0.25, 0.3) is 0 Å². The summed E-state index contributed by atoms with van der Waals surface area (Å²) in [5.74, 6) is 0.721. The summed E-state index contributed by atoms with van der Waals surface area (Å²) in [5.41, 5.74) is 2.23. The molecule has 100 valence electrons. The lowest BCUT2D eigenvalue weighted by molar-refractivity contribution is 0.138. The number of nitrogens with one attached hydrogen (secondary N) is 1. The van der Waals surface area contributed by atoms with Gasteiger partial charge in [0.15, 0.2) is 0 Å². The van der Waals surface area contributed by atoms with Gasteiger partial charge in [0.2, 0.25) is 5.88 Å². The van der Waals surface area contributed by atoms with Crippen molar-refractivity contribution in [3.05, 3.63) is 23.4 Å². The molecule has 2 heterocycles. The number of hydrogen-bond acceptors (Lipinski definition) is 4. The molecule has 1 aromatic heterocycles. The highest BCUT2D eigenvalue weighted by atomic mass is 16.5. The zero-order chi connectivity index (χ0) is 12.8. The standard InChI is InChI=1S/C14H22N2O2/c1-3-5-15-9-12-7-11(2)16-14(8-12)18-13-4-6-17-10-13/h7-8,13,15H,3-6,9-10H2,1-2H3. The summed E-state index contributed by atoms with van der Waals surface area (Å²) in [7, 11) is 0. The van der Waals surface area contributed by atoms with Crippen molar-refractivity contribution in [3.63, 3.8) is 0 Å². The van der Waals surface area contributed by atoms with Gasteiger partial charge in [-0.3, -0.25) is 0 Å². The largest absolute Gasteiger partial charge is 0.472 e. The van der Waals surface area contributed by atoms with Gasteiger partial charge in [0.05, 0.1) is 13.2 Å². The Balaban J connectivity index is 1.96. The first-order valence-electron chi connectivity index (χ1n) is 6.70. The molecule has 1 fully saturated rings. The smallest absolute Gasteiger partial charge is 0.214 e. The monoisotopic (exact) mass is 250 g/mol. The summed E-state index contributed by atoms with van der Waals surface area (Å²) in [6, 6.07) is 4.12. The molecule has 1 N–H and O–H groups in total. The third kappa shape index (κ3) is 3.96. The molecule has 0 radical (unpaired) electrons. The molecule has 4 nitrogen and oxygen atoms in total. The van der Waals surface area contributed by atoms with Gasteiger partial charge < -0.3 is 14.8 Å². The Bertz CT molecular complexity index is 376. The number of nitrogens with zero attached hydrogens (tertiary/aromatic N) is 1. The molecule has 1 atom stereocenters. The topological polar surface area (TPSA) is 43.4 Å². The van der Waals surface area contributed by atoms with Crippen LogP contribution in [0.25, 0.3) is 0 Å². The van der Waals surface area contributed by atoms with Gasteiger partial charge >= 0.3 is 0 Å². The maximum absolute atomic E-state index is 5.84. The average Bonchev–Trinajstić information content (AvgIpc) is 2.81. The Labute approximate surface area is 109 Å². The fraction of sp³-hybridized carbons (Fsp3) is 0.643. The van der Waals surface area contributed by atoms with Crippen LogP contribution in [0.4, 0.5) is 0 Å². The van der Waals surface area contributed by atoms with Crippen molar-refractivity contribution in [2.24, 2.45) is 0 Å². The van der Waals surface area contributed by atoms with Gasteiger partial charge in [0, 0.05) is 24.7 Å². The molecule has 1 aliphatic rings. The van der Waals surface area contributed by atoms with Crippen LogP contribution in [0.3, 0.4) is 0 Å². The van der Waals surface area contributed by atoms with E-state index in [-0.39, 0.29) is 6.10 Å². The first-order chi connectivity index (χ1) is 8.78. The molecule has 0 aromatic carbocycles. The molecule has 1 saturated heterocycles. The van der Waals surface area contributed by atoms with E-state index in [9.17, 15) is 0 Å². The Morgan fingerprint density at radius 1 is 1.50 bits per heavy atom. The minimum absolute atomic E-state index is 0.163. The van der Waals surface area contributed by atoms with Crippen LogP contribution in [0.15, 0.2) is 12.1 Å². The van der Waals surface area contributed by atoms with Crippen LogP contribution in [0.1, 0.15) is 31.0 Å². The summed E-state index contributed by atoms with van der Waals surface area (Å²) >= 11 is 0. The Kier molecular flexibility index (Phi) is 4.96. The minimum Gasteiger partial charge on any atom is -0.472 e. The van der Waals surface area contributed by atoms with Gasteiger partial charge in [-0.15, -0.1) is 0 Å². The first kappa shape index (κ1) is 13.3. The second-order valence-corrected chi connectivity index (χ2v) is 4.74. The molecule has 2 rings (SSSR count). The maximum Gasteiger partial charge on any atom is 0.214 e. The molecule has 0 amide bonds. The van der Waals surface area contributed by atoms with Crippen LogP contribution >= 0.6 is 0 Å². The van der Waals surface area contributed by atoms with E-state index in [1.807, 2.05) is 13.0 Å². The average molecular weight is 250 g/mol. The number of ether oxygens (including phenoxy) is 2. The van der Waals surface area contributed by atoms with Crippen LogP contribution in [0, 0.1) is 6.92 Å². The molecule has 0 aliphatic carbocycles. The summed E-state index contributed by atoms with van der Waals surface area (Å²) in [6.45, 7) is 7.55. The quantitative estimate of drug-likeness (QED) is 0.785. The van der Waals surface area contributed by atoms with E-state index in [1.165, 1.54) is 5.56 Å². The van der Waals surface area contributed by atoms with E-state index < -0.39 is 0 Å². The van der Waals surface area contributed by atoms with Crippen LogP contribution < -0.4 is 10.1 Å². The molecular formula is C14H22N2O2. The van der Waals surface area contributed by atoms with E-state index >= 15 is 0 Å². The highest BCUT2D eigenvalue weighted by Gasteiger charge is 2.17. The Hall–Kier alpha value is -1.13. The molecule has 4 heteroatoms. The second-order valence-electron chi connectivity index (χ2n) is 4.74. The summed E-state index contributed by atoms with van der Waals surface area (Å²) in [4.78, 5) is 4.42. The number of aromatic nitrogens is 1. The van der Waals surface area contributed by atoms with Crippen molar-refractivity contribution >= 4 is 0 Å². The SMILES string of the molecule is CCCNCc1cc(C)nc(OC2CCOC2)c1. The lowest BCUT2D eigenvalue weighted by Gasteiger charge is -2.13. The summed E-state index contributed by atoms with van der Waals surface area (Å²) < 4.78 is 11.1. The normalized spacial score (nSPS) is 19.1. The van der Waals surface area contributed by atoms with Gasteiger partial charge in [-0.1, -0.05) is 6.92 Å². The van der Waals surface area contributed by atoms with Gasteiger partial charge in [-0.25, -0.2) is 4.98 Å². The summed E-state index contributed by atoms with van der Waals surface area (Å²) in [6.07, 6.45) is 2.27. The molecule has 1 aromatic rings. The van der Waals surface area contributed by atoms with Crippen molar-refractivity contribution in [2.45, 2.75) is 39.3 Å². The molecule has 0 saturated carbocycles. The highest BCUT2D eigenvalue weighted by Crippen LogP contribution is 2.17. The van der Waals surface area contributed by atoms with Crippen molar-refractivity contribution in [2.75, 3.05) is 19.8 Å². The van der Waals surface area contributed by atoms with Crippen molar-refractivity contribution < 1.29 is 9.47 Å². The number of aryl methyl sites for hydroxylation is 1. The number of hydrogen-bond donors (Lipinski definition) is 1. The van der Waals surface area contributed by atoms with E-state index in [0.29, 0.717) is 6.61 Å². The van der Waals surface area contributed by atoms with Gasteiger partial charge in [-0.2, -0.15) is 0 Å². The number of pyridine rings is 1. The molecule has 0 bridgehead atoms. The predicted molar refractivity (Wildman–Crippen MR) is 70.8 cm³/mol. The molecule has 1 aliphatic heterocycles. The second kappa shape index (κ2) is 6.71. The van der Waals surface area contributed by atoms with Crippen LogP contribution in [0.5, 0.6) is 5.88 Å². The van der Waals surface area contributed by atoms with E-state index in [1.54, 1.807) is 0 Å². The van der Waals surface area contributed by atoms with E-state index in [2.05, 4.69) is 23.3 Å². The molecule has 18 heavy (non-hydrogen) atoms. The highest BCUT2D eigenvalue weighted by molar-refractivity contribution is 5.24. The van der Waals surface area contributed by atoms with Crippen molar-refractivity contribution in [1.29, 1.82) is 0 Å². The fourth-order valence-electron chi connectivity index (χ4n) is 2.06. The van der Waals surface area contributed by atoms with Crippen LogP contribution in [-0.2, 0) is 11.3 Å². The third-order valence-electron chi connectivity index (χ3n) is 2.92. The molecule has 1 unspecified atom stereocenters. The number of rotatable bonds is 6. The minimum atomic E-state index is 0.163. The van der Waals surface area contributed by atoms with Gasteiger partial charge in [0.1, 0.15) is 6.10 Å². The van der Waals surface area contributed by atoms with Crippen LogP contribution in [0.2, 0.25) is 0 Å². The van der Waals surface area contributed by atoms with Gasteiger partial charge in [-0.05, 0) is 31.5 Å². The lowest BCUT2D eigenvalue weighted by Crippen LogP contribution is -2.18. The molecule has 0 spiro atoms. The summed E-state index contributed by atoms with van der Waals surface area (Å²) in [5, 5.41) is 3.39. The van der Waals surface area contributed by atoms with E-state index in [0.717, 1.165) is 44.1 Å². The molecular weight excluding hydrogens is 228 g/mol. The van der Waals surface area contributed by atoms with E-state index in [4.69, 9.17) is 9.47 Å². The van der Waals surface area contributed by atoms with Crippen molar-refractivity contribution in [1.82, 2.24) is 10.3 Å². The van der Waals surface area contributed by atoms with Crippen LogP contribution in [-0.4, -0.2) is 30.8 Å². The fourth-order valence-corrected chi connectivity index (χ4v) is 2.06. The van der Waals surface area contributed by atoms with Crippen molar-refractivity contribution in [3.8, 4) is 5.88 Å². The Morgan fingerprint density at radius 2 is 2.39 bits per heavy atom. The zero-order valence-corrected chi connectivity index (χ0v) is 11.2.